The summed E-state index contributed by atoms with van der Waals surface area (Å²) in [6.45, 7) is 3.93. The maximum absolute atomic E-state index is 11.8. The van der Waals surface area contributed by atoms with Crippen molar-refractivity contribution in [3.8, 4) is 0 Å². The van der Waals surface area contributed by atoms with E-state index in [1.165, 1.54) is 11.3 Å². The second-order valence-corrected chi connectivity index (χ2v) is 6.58. The van der Waals surface area contributed by atoms with Crippen LogP contribution in [-0.2, 0) is 0 Å². The standard InChI is InChI=1S/C10H13BrClNOS/c1-10(2,3-4-12)13-9(14)7-5-8(11)15-6-7/h5-6H,3-4H2,1-2H3,(H,13,14). The molecule has 0 saturated heterocycles. The summed E-state index contributed by atoms with van der Waals surface area (Å²) in [5, 5.41) is 4.78. The molecule has 0 saturated carbocycles. The molecule has 1 heterocycles. The Hall–Kier alpha value is -0.0600. The Balaban J connectivity index is 2.63. The molecule has 1 aromatic heterocycles. The first-order valence-electron chi connectivity index (χ1n) is 4.57. The lowest BCUT2D eigenvalue weighted by molar-refractivity contribution is 0.0912. The third-order valence-electron chi connectivity index (χ3n) is 2.00. The minimum Gasteiger partial charge on any atom is -0.347 e. The van der Waals surface area contributed by atoms with Gasteiger partial charge in [0.1, 0.15) is 0 Å². The van der Waals surface area contributed by atoms with Gasteiger partial charge in [-0.15, -0.1) is 22.9 Å². The van der Waals surface area contributed by atoms with E-state index in [9.17, 15) is 4.79 Å². The molecule has 15 heavy (non-hydrogen) atoms. The molecule has 1 amide bonds. The van der Waals surface area contributed by atoms with E-state index < -0.39 is 0 Å². The van der Waals surface area contributed by atoms with Crippen LogP contribution in [-0.4, -0.2) is 17.3 Å². The van der Waals surface area contributed by atoms with Gasteiger partial charge in [-0.05, 0) is 42.3 Å². The first-order valence-corrected chi connectivity index (χ1v) is 6.78. The molecule has 1 N–H and O–H groups in total. The van der Waals surface area contributed by atoms with Crippen molar-refractivity contribution in [1.29, 1.82) is 0 Å². The van der Waals surface area contributed by atoms with Gasteiger partial charge in [0.2, 0.25) is 0 Å². The van der Waals surface area contributed by atoms with E-state index in [1.54, 1.807) is 0 Å². The number of hydrogen-bond donors (Lipinski definition) is 1. The van der Waals surface area contributed by atoms with Crippen LogP contribution in [0.2, 0.25) is 0 Å². The van der Waals surface area contributed by atoms with Crippen LogP contribution in [0, 0.1) is 0 Å². The summed E-state index contributed by atoms with van der Waals surface area (Å²) in [5.74, 6) is 0.493. The molecule has 0 aliphatic heterocycles. The topological polar surface area (TPSA) is 29.1 Å². The van der Waals surface area contributed by atoms with E-state index in [0.717, 1.165) is 10.2 Å². The molecule has 1 aromatic rings. The lowest BCUT2D eigenvalue weighted by Gasteiger charge is -2.24. The van der Waals surface area contributed by atoms with Gasteiger partial charge >= 0.3 is 0 Å². The summed E-state index contributed by atoms with van der Waals surface area (Å²) in [6.07, 6.45) is 0.756. The van der Waals surface area contributed by atoms with Crippen LogP contribution in [0.4, 0.5) is 0 Å². The minimum atomic E-state index is -0.257. The highest BCUT2D eigenvalue weighted by Gasteiger charge is 2.20. The lowest BCUT2D eigenvalue weighted by Crippen LogP contribution is -2.43. The van der Waals surface area contributed by atoms with Crippen molar-refractivity contribution in [2.75, 3.05) is 5.88 Å². The zero-order valence-electron chi connectivity index (χ0n) is 8.64. The zero-order chi connectivity index (χ0) is 11.5. The largest absolute Gasteiger partial charge is 0.347 e. The van der Waals surface area contributed by atoms with Gasteiger partial charge in [0.25, 0.3) is 5.91 Å². The molecule has 0 aliphatic carbocycles. The van der Waals surface area contributed by atoms with Crippen LogP contribution in [0.25, 0.3) is 0 Å². The van der Waals surface area contributed by atoms with Crippen LogP contribution in [0.3, 0.4) is 0 Å². The number of amides is 1. The van der Waals surface area contributed by atoms with Crippen molar-refractivity contribution in [2.45, 2.75) is 25.8 Å². The lowest BCUT2D eigenvalue weighted by atomic mass is 10.0. The molecular weight excluding hydrogens is 298 g/mol. The second kappa shape index (κ2) is 5.32. The molecule has 0 unspecified atom stereocenters. The monoisotopic (exact) mass is 309 g/mol. The summed E-state index contributed by atoms with van der Waals surface area (Å²) in [5.41, 5.74) is 0.433. The molecule has 0 fully saturated rings. The highest BCUT2D eigenvalue weighted by molar-refractivity contribution is 9.11. The molecule has 0 radical (unpaired) electrons. The molecule has 0 aromatic carbocycles. The van der Waals surface area contributed by atoms with E-state index >= 15 is 0 Å². The molecular formula is C10H13BrClNOS. The van der Waals surface area contributed by atoms with Crippen molar-refractivity contribution in [3.05, 3.63) is 20.8 Å². The smallest absolute Gasteiger partial charge is 0.252 e. The average Bonchev–Trinajstić information content (AvgIpc) is 2.50. The fourth-order valence-electron chi connectivity index (χ4n) is 1.11. The van der Waals surface area contributed by atoms with Gasteiger partial charge < -0.3 is 5.32 Å². The van der Waals surface area contributed by atoms with Crippen LogP contribution in [0.15, 0.2) is 15.2 Å². The number of carbonyl (C=O) groups is 1. The number of carbonyl (C=O) groups excluding carboxylic acids is 1. The Labute approximate surface area is 107 Å². The Kier molecular flexibility index (Phi) is 4.62. The van der Waals surface area contributed by atoms with Crippen molar-refractivity contribution in [2.24, 2.45) is 0 Å². The second-order valence-electron chi connectivity index (χ2n) is 3.92. The molecule has 0 bridgehead atoms. The molecule has 2 nitrogen and oxygen atoms in total. The van der Waals surface area contributed by atoms with Crippen LogP contribution in [0.1, 0.15) is 30.6 Å². The van der Waals surface area contributed by atoms with Gasteiger partial charge in [-0.25, -0.2) is 0 Å². The number of alkyl halides is 1. The normalized spacial score (nSPS) is 11.5. The van der Waals surface area contributed by atoms with E-state index in [-0.39, 0.29) is 11.4 Å². The molecule has 84 valence electrons. The third kappa shape index (κ3) is 4.13. The fraction of sp³-hybridized carbons (Fsp3) is 0.500. The van der Waals surface area contributed by atoms with E-state index in [4.69, 9.17) is 11.6 Å². The Bertz CT molecular complexity index is 351. The Morgan fingerprint density at radius 1 is 1.67 bits per heavy atom. The quantitative estimate of drug-likeness (QED) is 0.845. The van der Waals surface area contributed by atoms with Crippen molar-refractivity contribution >= 4 is 44.8 Å². The van der Waals surface area contributed by atoms with Gasteiger partial charge in [0, 0.05) is 16.8 Å². The number of thiophene rings is 1. The van der Waals surface area contributed by atoms with Crippen molar-refractivity contribution < 1.29 is 4.79 Å². The number of halogens is 2. The first-order chi connectivity index (χ1) is 6.94. The predicted octanol–water partition coefficient (Wildman–Crippen LogP) is 3.65. The first kappa shape index (κ1) is 13.0. The van der Waals surface area contributed by atoms with E-state index in [0.29, 0.717) is 11.4 Å². The Morgan fingerprint density at radius 2 is 2.33 bits per heavy atom. The molecule has 0 spiro atoms. The summed E-state index contributed by atoms with van der Waals surface area (Å²) in [7, 11) is 0. The number of rotatable bonds is 4. The van der Waals surface area contributed by atoms with E-state index in [2.05, 4.69) is 21.2 Å². The zero-order valence-corrected chi connectivity index (χ0v) is 11.8. The van der Waals surface area contributed by atoms with Crippen molar-refractivity contribution in [3.63, 3.8) is 0 Å². The highest BCUT2D eigenvalue weighted by atomic mass is 79.9. The molecule has 0 atom stereocenters. The third-order valence-corrected chi connectivity index (χ3v) is 3.69. The maximum Gasteiger partial charge on any atom is 0.252 e. The predicted molar refractivity (Wildman–Crippen MR) is 68.9 cm³/mol. The van der Waals surface area contributed by atoms with Gasteiger partial charge in [-0.2, -0.15) is 0 Å². The van der Waals surface area contributed by atoms with Gasteiger partial charge in [0.15, 0.2) is 0 Å². The van der Waals surface area contributed by atoms with Gasteiger partial charge in [-0.3, -0.25) is 4.79 Å². The molecule has 5 heteroatoms. The SMILES string of the molecule is CC(C)(CCCl)NC(=O)c1csc(Br)c1. The van der Waals surface area contributed by atoms with Crippen LogP contribution in [0.5, 0.6) is 0 Å². The number of nitrogens with one attached hydrogen (secondary N) is 1. The number of hydrogen-bond acceptors (Lipinski definition) is 2. The summed E-state index contributed by atoms with van der Waals surface area (Å²) >= 11 is 10.5. The van der Waals surface area contributed by atoms with Gasteiger partial charge in [-0.1, -0.05) is 0 Å². The average molecular weight is 311 g/mol. The minimum absolute atomic E-state index is 0.0490. The maximum atomic E-state index is 11.8. The fourth-order valence-corrected chi connectivity index (χ4v) is 2.72. The highest BCUT2D eigenvalue weighted by Crippen LogP contribution is 2.21. The van der Waals surface area contributed by atoms with Crippen molar-refractivity contribution in [1.82, 2.24) is 5.32 Å². The van der Waals surface area contributed by atoms with Gasteiger partial charge in [0.05, 0.1) is 9.35 Å². The van der Waals surface area contributed by atoms with E-state index in [1.807, 2.05) is 25.3 Å². The van der Waals surface area contributed by atoms with Crippen LogP contribution < -0.4 is 5.32 Å². The molecule has 0 aliphatic rings. The summed E-state index contributed by atoms with van der Waals surface area (Å²) < 4.78 is 0.961. The summed E-state index contributed by atoms with van der Waals surface area (Å²) in [4.78, 5) is 11.8. The molecule has 1 rings (SSSR count). The summed E-state index contributed by atoms with van der Waals surface area (Å²) in [6, 6.07) is 1.82. The van der Waals surface area contributed by atoms with Crippen LogP contribution >= 0.6 is 38.9 Å². The Morgan fingerprint density at radius 3 is 2.80 bits per heavy atom.